The van der Waals surface area contributed by atoms with E-state index < -0.39 is 0 Å². The number of benzene rings is 2. The third kappa shape index (κ3) is 2.72. The van der Waals surface area contributed by atoms with Crippen molar-refractivity contribution in [3.05, 3.63) is 70.1 Å². The number of thiophene rings is 1. The number of anilines is 1. The van der Waals surface area contributed by atoms with Crippen LogP contribution in [0.2, 0.25) is 0 Å². The van der Waals surface area contributed by atoms with Crippen molar-refractivity contribution >= 4 is 22.9 Å². The zero-order chi connectivity index (χ0) is 17.6. The highest BCUT2D eigenvalue weighted by Crippen LogP contribution is 2.44. The number of fused-ring (bicyclic) bond motifs is 3. The van der Waals surface area contributed by atoms with Crippen molar-refractivity contribution in [3.8, 4) is 16.2 Å². The molecule has 3 nitrogen and oxygen atoms in total. The SMILES string of the molecule is Cc1cccc(N(C)C(=O)c2cc3c(s2)-c2c(C)cccc2OC3)c1. The van der Waals surface area contributed by atoms with Crippen molar-refractivity contribution in [2.45, 2.75) is 20.5 Å². The van der Waals surface area contributed by atoms with Crippen molar-refractivity contribution < 1.29 is 9.53 Å². The summed E-state index contributed by atoms with van der Waals surface area (Å²) in [6.45, 7) is 4.63. The highest BCUT2D eigenvalue weighted by molar-refractivity contribution is 7.17. The number of aryl methyl sites for hydroxylation is 2. The minimum Gasteiger partial charge on any atom is -0.488 e. The fourth-order valence-corrected chi connectivity index (χ4v) is 4.44. The predicted octanol–water partition coefficient (Wildman–Crippen LogP) is 5.20. The Bertz CT molecular complexity index is 974. The fraction of sp³-hybridized carbons (Fsp3) is 0.190. The molecule has 126 valence electrons. The maximum Gasteiger partial charge on any atom is 0.268 e. The second-order valence-electron chi connectivity index (χ2n) is 6.40. The Morgan fingerprint density at radius 3 is 2.72 bits per heavy atom. The average Bonchev–Trinajstić information content (AvgIpc) is 3.04. The Kier molecular flexibility index (Phi) is 3.85. The number of ether oxygens (including phenoxy) is 1. The molecule has 0 unspecified atom stereocenters. The molecule has 4 rings (SSSR count). The fourth-order valence-electron chi connectivity index (χ4n) is 3.18. The van der Waals surface area contributed by atoms with Crippen LogP contribution in [0.25, 0.3) is 10.4 Å². The molecule has 0 N–H and O–H groups in total. The Morgan fingerprint density at radius 1 is 1.12 bits per heavy atom. The van der Waals surface area contributed by atoms with Crippen LogP contribution >= 0.6 is 11.3 Å². The van der Waals surface area contributed by atoms with Gasteiger partial charge in [0.05, 0.1) is 4.88 Å². The molecule has 4 heteroatoms. The summed E-state index contributed by atoms with van der Waals surface area (Å²) in [5.74, 6) is 0.917. The highest BCUT2D eigenvalue weighted by atomic mass is 32.1. The first-order chi connectivity index (χ1) is 12.0. The lowest BCUT2D eigenvalue weighted by Gasteiger charge is -2.19. The van der Waals surface area contributed by atoms with Crippen molar-refractivity contribution in [3.63, 3.8) is 0 Å². The third-order valence-electron chi connectivity index (χ3n) is 4.56. The van der Waals surface area contributed by atoms with E-state index in [4.69, 9.17) is 4.74 Å². The molecule has 1 aliphatic heterocycles. The molecule has 1 amide bonds. The van der Waals surface area contributed by atoms with Gasteiger partial charge >= 0.3 is 0 Å². The predicted molar refractivity (Wildman–Crippen MR) is 103 cm³/mol. The minimum atomic E-state index is 0.0140. The first-order valence-corrected chi connectivity index (χ1v) is 9.06. The van der Waals surface area contributed by atoms with E-state index in [2.05, 4.69) is 13.0 Å². The highest BCUT2D eigenvalue weighted by Gasteiger charge is 2.25. The molecule has 0 radical (unpaired) electrons. The molecule has 0 spiro atoms. The Labute approximate surface area is 151 Å². The van der Waals surface area contributed by atoms with Crippen molar-refractivity contribution in [2.24, 2.45) is 0 Å². The molecule has 2 aromatic carbocycles. The van der Waals surface area contributed by atoms with Crippen molar-refractivity contribution in [1.29, 1.82) is 0 Å². The summed E-state index contributed by atoms with van der Waals surface area (Å²) in [6.07, 6.45) is 0. The lowest BCUT2D eigenvalue weighted by Crippen LogP contribution is -2.25. The Morgan fingerprint density at radius 2 is 1.92 bits per heavy atom. The van der Waals surface area contributed by atoms with Gasteiger partial charge in [0.15, 0.2) is 0 Å². The van der Waals surface area contributed by atoms with Crippen LogP contribution in [-0.4, -0.2) is 13.0 Å². The first kappa shape index (κ1) is 15.9. The zero-order valence-electron chi connectivity index (χ0n) is 14.5. The number of amides is 1. The maximum absolute atomic E-state index is 13.0. The molecule has 0 saturated carbocycles. The number of hydrogen-bond donors (Lipinski definition) is 0. The smallest absolute Gasteiger partial charge is 0.268 e. The van der Waals surface area contributed by atoms with Gasteiger partial charge in [0.2, 0.25) is 0 Å². The van der Waals surface area contributed by atoms with E-state index in [-0.39, 0.29) is 5.91 Å². The van der Waals surface area contributed by atoms with Gasteiger partial charge in [-0.05, 0) is 49.2 Å². The lowest BCUT2D eigenvalue weighted by molar-refractivity contribution is 0.0997. The Hall–Kier alpha value is -2.59. The standard InChI is InChI=1S/C21H19NO2S/c1-13-6-4-8-16(10-13)22(3)21(23)18-11-15-12-24-17-9-5-7-14(2)19(17)20(15)25-18/h4-11H,12H2,1-3H3. The van der Waals surface area contributed by atoms with Gasteiger partial charge in [0.25, 0.3) is 5.91 Å². The van der Waals surface area contributed by atoms with E-state index >= 15 is 0 Å². The monoisotopic (exact) mass is 349 g/mol. The molecule has 0 atom stereocenters. The van der Waals surface area contributed by atoms with Gasteiger partial charge in [-0.25, -0.2) is 0 Å². The van der Waals surface area contributed by atoms with Crippen LogP contribution in [0.4, 0.5) is 5.69 Å². The van der Waals surface area contributed by atoms with Crippen LogP contribution in [0.3, 0.4) is 0 Å². The number of carbonyl (C=O) groups excluding carboxylic acids is 1. The molecule has 1 aromatic heterocycles. The van der Waals surface area contributed by atoms with Crippen LogP contribution in [0, 0.1) is 13.8 Å². The van der Waals surface area contributed by atoms with Crippen LogP contribution in [0.5, 0.6) is 5.75 Å². The van der Waals surface area contributed by atoms with Gasteiger partial charge < -0.3 is 9.64 Å². The summed E-state index contributed by atoms with van der Waals surface area (Å²) >= 11 is 1.56. The van der Waals surface area contributed by atoms with E-state index in [0.717, 1.165) is 37.9 Å². The number of carbonyl (C=O) groups is 1. The molecule has 2 heterocycles. The topological polar surface area (TPSA) is 29.5 Å². The lowest BCUT2D eigenvalue weighted by atomic mass is 10.0. The summed E-state index contributed by atoms with van der Waals surface area (Å²) in [5.41, 5.74) is 5.43. The number of nitrogens with zero attached hydrogens (tertiary/aromatic N) is 1. The van der Waals surface area contributed by atoms with Crippen molar-refractivity contribution in [2.75, 3.05) is 11.9 Å². The molecule has 25 heavy (non-hydrogen) atoms. The van der Waals surface area contributed by atoms with Gasteiger partial charge in [-0.3, -0.25) is 4.79 Å². The largest absolute Gasteiger partial charge is 0.488 e. The third-order valence-corrected chi connectivity index (χ3v) is 5.74. The normalized spacial score (nSPS) is 12.1. The van der Waals surface area contributed by atoms with Gasteiger partial charge in [0.1, 0.15) is 12.4 Å². The zero-order valence-corrected chi connectivity index (χ0v) is 15.3. The average molecular weight is 349 g/mol. The molecule has 0 saturated heterocycles. The van der Waals surface area contributed by atoms with Gasteiger partial charge in [-0.2, -0.15) is 0 Å². The first-order valence-electron chi connectivity index (χ1n) is 8.25. The number of hydrogen-bond acceptors (Lipinski definition) is 3. The van der Waals surface area contributed by atoms with E-state index in [1.54, 1.807) is 16.2 Å². The molecule has 0 aliphatic carbocycles. The molecule has 3 aromatic rings. The van der Waals surface area contributed by atoms with Gasteiger partial charge in [0, 0.05) is 28.7 Å². The maximum atomic E-state index is 13.0. The molecule has 0 fully saturated rings. The molecule has 1 aliphatic rings. The second kappa shape index (κ2) is 6.05. The van der Waals surface area contributed by atoms with E-state index in [0.29, 0.717) is 6.61 Å². The van der Waals surface area contributed by atoms with Crippen LogP contribution in [0.1, 0.15) is 26.4 Å². The molecule has 0 bridgehead atoms. The Balaban J connectivity index is 1.72. The minimum absolute atomic E-state index is 0.0140. The molecular formula is C21H19NO2S. The van der Waals surface area contributed by atoms with Crippen LogP contribution < -0.4 is 9.64 Å². The van der Waals surface area contributed by atoms with Crippen molar-refractivity contribution in [1.82, 2.24) is 0 Å². The summed E-state index contributed by atoms with van der Waals surface area (Å²) in [4.78, 5) is 16.6. The molecular weight excluding hydrogens is 330 g/mol. The van der Waals surface area contributed by atoms with Crippen LogP contribution in [-0.2, 0) is 6.61 Å². The summed E-state index contributed by atoms with van der Waals surface area (Å²) < 4.78 is 5.87. The van der Waals surface area contributed by atoms with Crippen LogP contribution in [0.15, 0.2) is 48.5 Å². The quantitative estimate of drug-likeness (QED) is 0.636. The van der Waals surface area contributed by atoms with E-state index in [1.165, 1.54) is 5.56 Å². The van der Waals surface area contributed by atoms with Gasteiger partial charge in [-0.1, -0.05) is 24.3 Å². The summed E-state index contributed by atoms with van der Waals surface area (Å²) in [5, 5.41) is 0. The summed E-state index contributed by atoms with van der Waals surface area (Å²) in [6, 6.07) is 16.0. The van der Waals surface area contributed by atoms with E-state index in [1.807, 2.05) is 56.4 Å². The summed E-state index contributed by atoms with van der Waals surface area (Å²) in [7, 11) is 1.82. The van der Waals surface area contributed by atoms with E-state index in [9.17, 15) is 4.79 Å². The number of rotatable bonds is 2. The second-order valence-corrected chi connectivity index (χ2v) is 7.46. The van der Waals surface area contributed by atoms with Gasteiger partial charge in [-0.15, -0.1) is 11.3 Å².